The Morgan fingerprint density at radius 2 is 1.94 bits per heavy atom. The molecule has 0 bridgehead atoms. The van der Waals surface area contributed by atoms with E-state index in [0.717, 1.165) is 11.1 Å². The van der Waals surface area contributed by atoms with Crippen molar-refractivity contribution in [2.45, 2.75) is 0 Å². The summed E-state index contributed by atoms with van der Waals surface area (Å²) in [7, 11) is 1.35. The van der Waals surface area contributed by atoms with Gasteiger partial charge in [-0.05, 0) is 29.3 Å². The largest absolute Gasteiger partial charge is 0.464 e. The molecule has 2 aromatic rings. The Morgan fingerprint density at radius 1 is 1.25 bits per heavy atom. The van der Waals surface area contributed by atoms with Gasteiger partial charge in [-0.15, -0.1) is 0 Å². The lowest BCUT2D eigenvalue weighted by molar-refractivity contribution is 0.0595. The van der Waals surface area contributed by atoms with Crippen LogP contribution in [0.5, 0.6) is 0 Å². The monoisotopic (exact) mass is 235 g/mol. The van der Waals surface area contributed by atoms with Crippen LogP contribution in [-0.2, 0) is 4.74 Å². The molecule has 0 spiro atoms. The quantitative estimate of drug-likeness (QED) is 0.813. The first-order chi connectivity index (χ1) is 7.70. The number of aromatic amines is 1. The van der Waals surface area contributed by atoms with Crippen molar-refractivity contribution in [3.8, 4) is 11.1 Å². The first kappa shape index (κ1) is 10.8. The molecular weight excluding hydrogens is 226 g/mol. The summed E-state index contributed by atoms with van der Waals surface area (Å²) >= 11 is 5.80. The second-order valence-electron chi connectivity index (χ2n) is 3.30. The summed E-state index contributed by atoms with van der Waals surface area (Å²) in [4.78, 5) is 14.1. The van der Waals surface area contributed by atoms with E-state index in [9.17, 15) is 4.79 Å². The van der Waals surface area contributed by atoms with Crippen molar-refractivity contribution in [2.75, 3.05) is 7.11 Å². The Balaban J connectivity index is 2.31. The lowest BCUT2D eigenvalue weighted by Gasteiger charge is -1.96. The Labute approximate surface area is 98.0 Å². The number of carbonyl (C=O) groups is 1. The highest BCUT2D eigenvalue weighted by Gasteiger charge is 2.08. The number of rotatable bonds is 2. The summed E-state index contributed by atoms with van der Waals surface area (Å²) in [5.74, 6) is -0.375. The molecule has 0 radical (unpaired) electrons. The van der Waals surface area contributed by atoms with Crippen LogP contribution in [0.25, 0.3) is 11.1 Å². The highest BCUT2D eigenvalue weighted by molar-refractivity contribution is 6.30. The Kier molecular flexibility index (Phi) is 2.97. The molecule has 0 aliphatic rings. The van der Waals surface area contributed by atoms with Crippen LogP contribution < -0.4 is 0 Å². The number of H-pyrrole nitrogens is 1. The van der Waals surface area contributed by atoms with E-state index in [1.807, 2.05) is 24.3 Å². The van der Waals surface area contributed by atoms with E-state index >= 15 is 0 Å². The first-order valence-electron chi connectivity index (χ1n) is 4.73. The molecule has 0 fully saturated rings. The molecule has 1 aromatic carbocycles. The minimum atomic E-state index is -0.375. The van der Waals surface area contributed by atoms with Gasteiger partial charge in [-0.1, -0.05) is 23.7 Å². The molecule has 1 N–H and O–H groups in total. The second-order valence-corrected chi connectivity index (χ2v) is 3.74. The van der Waals surface area contributed by atoms with E-state index in [1.54, 1.807) is 12.3 Å². The number of nitrogens with one attached hydrogen (secondary N) is 1. The van der Waals surface area contributed by atoms with E-state index in [0.29, 0.717) is 10.7 Å². The summed E-state index contributed by atoms with van der Waals surface area (Å²) < 4.78 is 4.61. The number of hydrogen-bond acceptors (Lipinski definition) is 2. The van der Waals surface area contributed by atoms with E-state index in [1.165, 1.54) is 7.11 Å². The average molecular weight is 236 g/mol. The lowest BCUT2D eigenvalue weighted by atomic mass is 10.1. The fourth-order valence-electron chi connectivity index (χ4n) is 1.43. The van der Waals surface area contributed by atoms with E-state index in [2.05, 4.69) is 9.72 Å². The molecule has 4 heteroatoms. The third-order valence-electron chi connectivity index (χ3n) is 2.27. The molecule has 82 valence electrons. The number of carbonyl (C=O) groups excluding carboxylic acids is 1. The van der Waals surface area contributed by atoms with Crippen LogP contribution in [-0.4, -0.2) is 18.1 Å². The number of halogens is 1. The molecule has 3 nitrogen and oxygen atoms in total. The number of benzene rings is 1. The Morgan fingerprint density at radius 3 is 2.56 bits per heavy atom. The van der Waals surface area contributed by atoms with Crippen molar-refractivity contribution in [3.63, 3.8) is 0 Å². The Hall–Kier alpha value is -1.74. The summed E-state index contributed by atoms with van der Waals surface area (Å²) in [5.41, 5.74) is 2.36. The van der Waals surface area contributed by atoms with Crippen LogP contribution in [0.4, 0.5) is 0 Å². The number of methoxy groups -OCH3 is 1. The van der Waals surface area contributed by atoms with Gasteiger partial charge in [-0.25, -0.2) is 4.79 Å². The molecule has 0 amide bonds. The molecule has 0 aliphatic heterocycles. The highest BCUT2D eigenvalue weighted by Crippen LogP contribution is 2.22. The zero-order valence-electron chi connectivity index (χ0n) is 8.66. The topological polar surface area (TPSA) is 42.1 Å². The molecule has 1 aromatic heterocycles. The zero-order valence-corrected chi connectivity index (χ0v) is 9.41. The zero-order chi connectivity index (χ0) is 11.5. The van der Waals surface area contributed by atoms with Crippen LogP contribution in [0.2, 0.25) is 5.02 Å². The third-order valence-corrected chi connectivity index (χ3v) is 2.52. The van der Waals surface area contributed by atoms with E-state index in [-0.39, 0.29) is 5.97 Å². The van der Waals surface area contributed by atoms with Crippen LogP contribution in [0.15, 0.2) is 36.5 Å². The minimum Gasteiger partial charge on any atom is -0.464 e. The van der Waals surface area contributed by atoms with Gasteiger partial charge in [0, 0.05) is 11.2 Å². The predicted molar refractivity (Wildman–Crippen MR) is 62.6 cm³/mol. The van der Waals surface area contributed by atoms with Crippen LogP contribution >= 0.6 is 11.6 Å². The van der Waals surface area contributed by atoms with Gasteiger partial charge in [0.05, 0.1) is 7.11 Å². The molecule has 0 unspecified atom stereocenters. The van der Waals surface area contributed by atoms with Gasteiger partial charge in [-0.2, -0.15) is 0 Å². The fourth-order valence-corrected chi connectivity index (χ4v) is 1.56. The fraction of sp³-hybridized carbons (Fsp3) is 0.0833. The number of aromatic nitrogens is 1. The maximum atomic E-state index is 11.2. The van der Waals surface area contributed by atoms with Crippen molar-refractivity contribution in [1.82, 2.24) is 4.98 Å². The number of hydrogen-bond donors (Lipinski definition) is 1. The van der Waals surface area contributed by atoms with Gasteiger partial charge < -0.3 is 9.72 Å². The van der Waals surface area contributed by atoms with Crippen LogP contribution in [0, 0.1) is 0 Å². The van der Waals surface area contributed by atoms with Gasteiger partial charge in [0.15, 0.2) is 0 Å². The second kappa shape index (κ2) is 4.41. The van der Waals surface area contributed by atoms with Crippen LogP contribution in [0.3, 0.4) is 0 Å². The molecule has 0 atom stereocenters. The van der Waals surface area contributed by atoms with E-state index < -0.39 is 0 Å². The van der Waals surface area contributed by atoms with Crippen molar-refractivity contribution in [2.24, 2.45) is 0 Å². The van der Waals surface area contributed by atoms with Crippen molar-refractivity contribution >= 4 is 17.6 Å². The van der Waals surface area contributed by atoms with Crippen LogP contribution in [0.1, 0.15) is 10.5 Å². The molecule has 2 rings (SSSR count). The maximum Gasteiger partial charge on any atom is 0.354 e. The molecule has 0 aliphatic carbocycles. The molecule has 1 heterocycles. The summed E-state index contributed by atoms with van der Waals surface area (Å²) in [6, 6.07) is 9.15. The Bertz CT molecular complexity index is 502. The number of ether oxygens (including phenoxy) is 1. The van der Waals surface area contributed by atoms with Crippen molar-refractivity contribution in [3.05, 3.63) is 47.2 Å². The average Bonchev–Trinajstić information content (AvgIpc) is 2.78. The highest BCUT2D eigenvalue weighted by atomic mass is 35.5. The normalized spacial score (nSPS) is 10.1. The molecule has 0 saturated heterocycles. The van der Waals surface area contributed by atoms with Gasteiger partial charge in [0.2, 0.25) is 0 Å². The van der Waals surface area contributed by atoms with E-state index in [4.69, 9.17) is 11.6 Å². The van der Waals surface area contributed by atoms with Crippen molar-refractivity contribution < 1.29 is 9.53 Å². The number of esters is 1. The predicted octanol–water partition coefficient (Wildman–Crippen LogP) is 3.12. The van der Waals surface area contributed by atoms with Gasteiger partial charge in [0.25, 0.3) is 0 Å². The first-order valence-corrected chi connectivity index (χ1v) is 5.11. The van der Waals surface area contributed by atoms with Gasteiger partial charge in [-0.3, -0.25) is 0 Å². The SMILES string of the molecule is COC(=O)c1cc(-c2ccc(Cl)cc2)c[nH]1. The molecule has 0 saturated carbocycles. The standard InChI is InChI=1S/C12H10ClNO2/c1-16-12(15)11-6-9(7-14-11)8-2-4-10(13)5-3-8/h2-7,14H,1H3. The third kappa shape index (κ3) is 2.09. The maximum absolute atomic E-state index is 11.2. The summed E-state index contributed by atoms with van der Waals surface area (Å²) in [6.07, 6.45) is 1.76. The summed E-state index contributed by atoms with van der Waals surface area (Å²) in [6.45, 7) is 0. The van der Waals surface area contributed by atoms with Gasteiger partial charge in [0.1, 0.15) is 5.69 Å². The summed E-state index contributed by atoms with van der Waals surface area (Å²) in [5, 5.41) is 0.687. The lowest BCUT2D eigenvalue weighted by Crippen LogP contribution is -2.00. The van der Waals surface area contributed by atoms with Gasteiger partial charge >= 0.3 is 5.97 Å². The molecular formula is C12H10ClNO2. The van der Waals surface area contributed by atoms with Crippen molar-refractivity contribution in [1.29, 1.82) is 0 Å². The molecule has 16 heavy (non-hydrogen) atoms. The smallest absolute Gasteiger partial charge is 0.354 e. The minimum absolute atomic E-state index is 0.375.